The summed E-state index contributed by atoms with van der Waals surface area (Å²) in [5, 5.41) is 1.62. The van der Waals surface area contributed by atoms with E-state index in [1.165, 1.54) is 16.1 Å². The number of amidine groups is 1. The second-order valence-electron chi connectivity index (χ2n) is 5.08. The number of hydrogen-bond acceptors (Lipinski definition) is 4. The van der Waals surface area contributed by atoms with Crippen LogP contribution in [0.3, 0.4) is 0 Å². The molecule has 0 aromatic heterocycles. The van der Waals surface area contributed by atoms with Gasteiger partial charge in [-0.15, -0.1) is 0 Å². The van der Waals surface area contributed by atoms with Crippen LogP contribution in [-0.4, -0.2) is 31.0 Å². The standard InChI is InChI=1S/C16H14Cl2N2O2S2/c17-13-7-6-12(15(18)10-13)11-23-16-19-8-9-20(16)24(21,22)14-4-2-1-3-5-14/h1-7,10H,8-9,11H2. The predicted molar refractivity (Wildman–Crippen MR) is 100 cm³/mol. The van der Waals surface area contributed by atoms with Gasteiger partial charge < -0.3 is 0 Å². The molecule has 0 saturated heterocycles. The first-order valence-electron chi connectivity index (χ1n) is 7.17. The molecule has 2 aromatic rings. The van der Waals surface area contributed by atoms with Crippen LogP contribution < -0.4 is 0 Å². The summed E-state index contributed by atoms with van der Waals surface area (Å²) in [6.45, 7) is 0.816. The number of halogens is 2. The molecule has 0 saturated carbocycles. The zero-order chi connectivity index (χ0) is 17.2. The Labute approximate surface area is 155 Å². The van der Waals surface area contributed by atoms with Gasteiger partial charge in [0.15, 0.2) is 5.17 Å². The molecule has 0 fully saturated rings. The topological polar surface area (TPSA) is 49.7 Å². The van der Waals surface area contributed by atoms with Gasteiger partial charge in [-0.2, -0.15) is 0 Å². The van der Waals surface area contributed by atoms with Gasteiger partial charge in [0.1, 0.15) is 0 Å². The Morgan fingerprint density at radius 1 is 1.12 bits per heavy atom. The number of aliphatic imine (C=N–C) groups is 1. The summed E-state index contributed by atoms with van der Waals surface area (Å²) >= 11 is 13.4. The van der Waals surface area contributed by atoms with Gasteiger partial charge in [-0.25, -0.2) is 12.7 Å². The van der Waals surface area contributed by atoms with Gasteiger partial charge in [0.2, 0.25) is 0 Å². The van der Waals surface area contributed by atoms with Crippen LogP contribution in [0.5, 0.6) is 0 Å². The average molecular weight is 401 g/mol. The summed E-state index contributed by atoms with van der Waals surface area (Å²) in [6.07, 6.45) is 0. The summed E-state index contributed by atoms with van der Waals surface area (Å²) in [5.74, 6) is 0.523. The molecule has 1 aliphatic rings. The zero-order valence-corrected chi connectivity index (χ0v) is 15.7. The number of benzene rings is 2. The lowest BCUT2D eigenvalue weighted by molar-refractivity contribution is 0.540. The van der Waals surface area contributed by atoms with Gasteiger partial charge in [0, 0.05) is 15.8 Å². The zero-order valence-electron chi connectivity index (χ0n) is 12.5. The van der Waals surface area contributed by atoms with Crippen molar-refractivity contribution in [3.05, 3.63) is 64.1 Å². The second kappa shape index (κ2) is 7.35. The minimum Gasteiger partial charge on any atom is -0.260 e. The molecule has 0 bridgehead atoms. The van der Waals surface area contributed by atoms with Gasteiger partial charge in [0.25, 0.3) is 10.0 Å². The van der Waals surface area contributed by atoms with Crippen molar-refractivity contribution in [2.24, 2.45) is 4.99 Å². The van der Waals surface area contributed by atoms with Crippen LogP contribution in [-0.2, 0) is 15.8 Å². The molecule has 8 heteroatoms. The minimum atomic E-state index is -3.58. The van der Waals surface area contributed by atoms with E-state index in [2.05, 4.69) is 4.99 Å². The largest absolute Gasteiger partial charge is 0.265 e. The van der Waals surface area contributed by atoms with Gasteiger partial charge in [0.05, 0.1) is 18.0 Å². The highest BCUT2D eigenvalue weighted by atomic mass is 35.5. The highest BCUT2D eigenvalue weighted by Crippen LogP contribution is 2.29. The Hall–Kier alpha value is -1.21. The molecule has 0 unspecified atom stereocenters. The molecule has 1 heterocycles. The Bertz CT molecular complexity index is 871. The van der Waals surface area contributed by atoms with Crippen LogP contribution in [0.4, 0.5) is 0 Å². The third-order valence-electron chi connectivity index (χ3n) is 3.47. The molecule has 0 N–H and O–H groups in total. The van der Waals surface area contributed by atoms with E-state index < -0.39 is 10.0 Å². The lowest BCUT2D eigenvalue weighted by atomic mass is 10.2. The van der Waals surface area contributed by atoms with Crippen molar-refractivity contribution in [1.29, 1.82) is 0 Å². The second-order valence-corrected chi connectivity index (χ2v) is 8.73. The van der Waals surface area contributed by atoms with Gasteiger partial charge >= 0.3 is 0 Å². The maximum Gasteiger partial charge on any atom is 0.265 e. The van der Waals surface area contributed by atoms with Crippen LogP contribution in [0.2, 0.25) is 10.0 Å². The van der Waals surface area contributed by atoms with Crippen molar-refractivity contribution in [1.82, 2.24) is 4.31 Å². The van der Waals surface area contributed by atoms with Crippen molar-refractivity contribution in [3.63, 3.8) is 0 Å². The van der Waals surface area contributed by atoms with Crippen molar-refractivity contribution in [2.75, 3.05) is 13.1 Å². The Balaban J connectivity index is 1.76. The van der Waals surface area contributed by atoms with Crippen LogP contribution in [0.25, 0.3) is 0 Å². The summed E-state index contributed by atoms with van der Waals surface area (Å²) in [7, 11) is -3.58. The summed E-state index contributed by atoms with van der Waals surface area (Å²) in [4.78, 5) is 4.60. The fourth-order valence-electron chi connectivity index (χ4n) is 2.25. The smallest absolute Gasteiger partial charge is 0.260 e. The lowest BCUT2D eigenvalue weighted by Crippen LogP contribution is -2.32. The first kappa shape index (κ1) is 17.6. The van der Waals surface area contributed by atoms with E-state index in [1.807, 2.05) is 6.07 Å². The Kier molecular flexibility index (Phi) is 5.39. The lowest BCUT2D eigenvalue weighted by Gasteiger charge is -2.20. The van der Waals surface area contributed by atoms with Crippen LogP contribution >= 0.6 is 35.0 Å². The van der Waals surface area contributed by atoms with Crippen LogP contribution in [0.1, 0.15) is 5.56 Å². The molecule has 24 heavy (non-hydrogen) atoms. The van der Waals surface area contributed by atoms with Crippen molar-refractivity contribution in [2.45, 2.75) is 10.6 Å². The number of thioether (sulfide) groups is 1. The summed E-state index contributed by atoms with van der Waals surface area (Å²) < 4.78 is 26.9. The first-order chi connectivity index (χ1) is 11.5. The quantitative estimate of drug-likeness (QED) is 0.768. The number of hydrogen-bond donors (Lipinski definition) is 0. The summed E-state index contributed by atoms with van der Waals surface area (Å²) in [6, 6.07) is 13.7. The number of rotatable bonds is 4. The Morgan fingerprint density at radius 3 is 2.58 bits per heavy atom. The van der Waals surface area contributed by atoms with Crippen LogP contribution in [0, 0.1) is 0 Å². The molecular weight excluding hydrogens is 387 g/mol. The molecule has 0 amide bonds. The Morgan fingerprint density at radius 2 is 1.88 bits per heavy atom. The molecule has 0 atom stereocenters. The molecule has 0 spiro atoms. The van der Waals surface area contributed by atoms with Crippen molar-refractivity contribution in [3.8, 4) is 0 Å². The van der Waals surface area contributed by atoms with E-state index in [1.54, 1.807) is 42.5 Å². The van der Waals surface area contributed by atoms with E-state index in [0.717, 1.165) is 5.56 Å². The normalized spacial score (nSPS) is 14.8. The molecule has 126 valence electrons. The number of nitrogens with zero attached hydrogens (tertiary/aromatic N) is 2. The third kappa shape index (κ3) is 3.72. The highest BCUT2D eigenvalue weighted by Gasteiger charge is 2.30. The van der Waals surface area contributed by atoms with Gasteiger partial charge in [-0.05, 0) is 29.8 Å². The van der Waals surface area contributed by atoms with E-state index >= 15 is 0 Å². The predicted octanol–water partition coefficient (Wildman–Crippen LogP) is 4.29. The highest BCUT2D eigenvalue weighted by molar-refractivity contribution is 8.14. The SMILES string of the molecule is O=S(=O)(c1ccccc1)N1CCN=C1SCc1ccc(Cl)cc1Cl. The van der Waals surface area contributed by atoms with Gasteiger partial charge in [-0.3, -0.25) is 4.99 Å². The van der Waals surface area contributed by atoms with Crippen LogP contribution in [0.15, 0.2) is 58.4 Å². The fraction of sp³-hybridized carbons (Fsp3) is 0.188. The summed E-state index contributed by atoms with van der Waals surface area (Å²) in [5.41, 5.74) is 0.887. The molecular formula is C16H14Cl2N2O2S2. The fourth-order valence-corrected chi connectivity index (χ4v) is 5.55. The maximum atomic E-state index is 12.8. The van der Waals surface area contributed by atoms with Gasteiger partial charge in [-0.1, -0.05) is 59.2 Å². The minimum absolute atomic E-state index is 0.268. The molecule has 0 aliphatic carbocycles. The molecule has 4 nitrogen and oxygen atoms in total. The third-order valence-corrected chi connectivity index (χ3v) is 7.04. The van der Waals surface area contributed by atoms with E-state index in [9.17, 15) is 8.42 Å². The van der Waals surface area contributed by atoms with Crippen molar-refractivity contribution < 1.29 is 8.42 Å². The molecule has 1 aliphatic heterocycles. The molecule has 3 rings (SSSR count). The number of sulfonamides is 1. The molecule has 2 aromatic carbocycles. The molecule has 0 radical (unpaired) electrons. The average Bonchev–Trinajstić information content (AvgIpc) is 3.04. The van der Waals surface area contributed by atoms with E-state index in [0.29, 0.717) is 34.1 Å². The monoisotopic (exact) mass is 400 g/mol. The first-order valence-corrected chi connectivity index (χ1v) is 10.4. The maximum absolute atomic E-state index is 12.8. The van der Waals surface area contributed by atoms with E-state index in [-0.39, 0.29) is 4.90 Å². The van der Waals surface area contributed by atoms with E-state index in [4.69, 9.17) is 23.2 Å². The van der Waals surface area contributed by atoms with Crippen molar-refractivity contribution >= 4 is 50.2 Å².